The number of benzene rings is 2. The maximum Gasteiger partial charge on any atom is 0.224 e. The highest BCUT2D eigenvalue weighted by atomic mass is 16.1. The molecule has 1 amide bonds. The molecule has 1 aliphatic rings. The summed E-state index contributed by atoms with van der Waals surface area (Å²) in [6.45, 7) is 7.15. The Labute approximate surface area is 196 Å². The van der Waals surface area contributed by atoms with Crippen molar-refractivity contribution in [3.8, 4) is 11.4 Å². The van der Waals surface area contributed by atoms with Gasteiger partial charge in [0.05, 0.1) is 5.92 Å². The Bertz CT molecular complexity index is 1010. The van der Waals surface area contributed by atoms with Crippen LogP contribution in [0.3, 0.4) is 0 Å². The van der Waals surface area contributed by atoms with Crippen LogP contribution in [0.2, 0.25) is 0 Å². The predicted molar refractivity (Wildman–Crippen MR) is 133 cm³/mol. The minimum Gasteiger partial charge on any atom is -0.356 e. The van der Waals surface area contributed by atoms with Crippen molar-refractivity contribution >= 4 is 11.7 Å². The third-order valence-corrected chi connectivity index (χ3v) is 6.21. The van der Waals surface area contributed by atoms with Crippen molar-refractivity contribution in [2.75, 3.05) is 37.6 Å². The number of rotatable bonds is 9. The summed E-state index contributed by atoms with van der Waals surface area (Å²) in [5.41, 5.74) is 2.30. The van der Waals surface area contributed by atoms with Gasteiger partial charge in [-0.1, -0.05) is 67.6 Å². The molecule has 2 aromatic carbocycles. The van der Waals surface area contributed by atoms with Gasteiger partial charge < -0.3 is 10.2 Å². The van der Waals surface area contributed by atoms with Crippen molar-refractivity contribution in [2.24, 2.45) is 5.92 Å². The van der Waals surface area contributed by atoms with Crippen molar-refractivity contribution in [1.29, 1.82) is 0 Å². The number of likely N-dealkylation sites (N-methyl/N-ethyl adjacent to an activating group) is 1. The highest BCUT2D eigenvalue weighted by Gasteiger charge is 2.26. The quantitative estimate of drug-likeness (QED) is 0.542. The lowest BCUT2D eigenvalue weighted by Crippen LogP contribution is -2.45. The average Bonchev–Trinajstić information content (AvgIpc) is 2.89. The smallest absolute Gasteiger partial charge is 0.224 e. The third-order valence-electron chi connectivity index (χ3n) is 6.21. The van der Waals surface area contributed by atoms with E-state index in [1.807, 2.05) is 42.5 Å². The lowest BCUT2D eigenvalue weighted by Gasteiger charge is -2.33. The highest BCUT2D eigenvalue weighted by Crippen LogP contribution is 2.23. The number of carbonyl (C=O) groups is 1. The van der Waals surface area contributed by atoms with Crippen LogP contribution >= 0.6 is 0 Å². The lowest BCUT2D eigenvalue weighted by atomic mass is 9.97. The van der Waals surface area contributed by atoms with Gasteiger partial charge in [-0.05, 0) is 31.0 Å². The van der Waals surface area contributed by atoms with Crippen LogP contribution in [0.1, 0.15) is 25.3 Å². The first-order chi connectivity index (χ1) is 16.2. The molecule has 1 N–H and O–H groups in total. The Balaban J connectivity index is 1.30. The van der Waals surface area contributed by atoms with Crippen LogP contribution in [0.4, 0.5) is 5.82 Å². The molecule has 1 aliphatic heterocycles. The van der Waals surface area contributed by atoms with Crippen LogP contribution in [0.15, 0.2) is 72.9 Å². The molecule has 1 aromatic heterocycles. The summed E-state index contributed by atoms with van der Waals surface area (Å²) in [5.74, 6) is 1.74. The summed E-state index contributed by atoms with van der Waals surface area (Å²) in [7, 11) is 0. The van der Waals surface area contributed by atoms with Gasteiger partial charge in [0, 0.05) is 44.5 Å². The number of anilines is 1. The van der Waals surface area contributed by atoms with E-state index >= 15 is 0 Å². The molecular weight excluding hydrogens is 410 g/mol. The van der Waals surface area contributed by atoms with Crippen molar-refractivity contribution in [1.82, 2.24) is 20.2 Å². The lowest BCUT2D eigenvalue weighted by molar-refractivity contribution is -0.125. The van der Waals surface area contributed by atoms with Crippen LogP contribution < -0.4 is 10.2 Å². The number of amides is 1. The maximum absolute atomic E-state index is 12.9. The second-order valence-corrected chi connectivity index (χ2v) is 8.54. The number of hydrogen-bond acceptors (Lipinski definition) is 5. The van der Waals surface area contributed by atoms with Gasteiger partial charge in [-0.15, -0.1) is 0 Å². The van der Waals surface area contributed by atoms with Gasteiger partial charge in [-0.2, -0.15) is 0 Å². The molecule has 1 atom stereocenters. The number of hydrogen-bond donors (Lipinski definition) is 1. The molecule has 0 spiro atoms. The van der Waals surface area contributed by atoms with Gasteiger partial charge in [-0.3, -0.25) is 9.69 Å². The van der Waals surface area contributed by atoms with Crippen molar-refractivity contribution < 1.29 is 4.79 Å². The van der Waals surface area contributed by atoms with E-state index in [0.29, 0.717) is 13.1 Å². The summed E-state index contributed by atoms with van der Waals surface area (Å²) in [6.07, 6.45) is 3.71. The van der Waals surface area contributed by atoms with E-state index in [1.165, 1.54) is 5.56 Å². The molecule has 1 fully saturated rings. The normalized spacial score (nSPS) is 16.1. The Kier molecular flexibility index (Phi) is 8.04. The Morgan fingerprint density at radius 3 is 2.61 bits per heavy atom. The second-order valence-electron chi connectivity index (χ2n) is 8.54. The highest BCUT2D eigenvalue weighted by molar-refractivity contribution is 5.79. The second kappa shape index (κ2) is 11.6. The molecule has 0 radical (unpaired) electrons. The third kappa shape index (κ3) is 6.39. The zero-order valence-electron chi connectivity index (χ0n) is 19.4. The molecular formula is C27H33N5O. The van der Waals surface area contributed by atoms with Gasteiger partial charge >= 0.3 is 0 Å². The van der Waals surface area contributed by atoms with Crippen LogP contribution in [0, 0.1) is 5.92 Å². The molecule has 6 heteroatoms. The number of carbonyl (C=O) groups excluding carboxylic acids is 1. The molecule has 2 heterocycles. The summed E-state index contributed by atoms with van der Waals surface area (Å²) < 4.78 is 0. The molecule has 33 heavy (non-hydrogen) atoms. The standard InChI is InChI=1S/C27H33N5O/c1-2-31(20-22-10-5-3-6-11-22)19-17-29-27(33)24-14-9-18-32(21-24)25-15-16-28-26(30-25)23-12-7-4-8-13-23/h3-8,10-13,15-16,24H,2,9,14,17-21H2,1H3,(H,29,33)/t24-/m0/s1. The SMILES string of the molecule is CCN(CCNC(=O)[C@H]1CCCN(c2ccnc(-c3ccccc3)n2)C1)Cc1ccccc1. The Morgan fingerprint density at radius 2 is 1.85 bits per heavy atom. The van der Waals surface area contributed by atoms with E-state index in [1.54, 1.807) is 6.20 Å². The zero-order valence-corrected chi connectivity index (χ0v) is 19.4. The minimum atomic E-state index is -0.0157. The summed E-state index contributed by atoms with van der Waals surface area (Å²) >= 11 is 0. The molecule has 0 bridgehead atoms. The molecule has 4 rings (SSSR count). The maximum atomic E-state index is 12.9. The Hall–Kier alpha value is -3.25. The molecule has 172 valence electrons. The average molecular weight is 444 g/mol. The molecule has 0 unspecified atom stereocenters. The summed E-state index contributed by atoms with van der Waals surface area (Å²) in [6, 6.07) is 22.4. The van der Waals surface area contributed by atoms with Gasteiger partial charge in [-0.25, -0.2) is 9.97 Å². The first-order valence-corrected chi connectivity index (χ1v) is 11.9. The van der Waals surface area contributed by atoms with Crippen LogP contribution in [0.25, 0.3) is 11.4 Å². The van der Waals surface area contributed by atoms with E-state index < -0.39 is 0 Å². The summed E-state index contributed by atoms with van der Waals surface area (Å²) in [5, 5.41) is 3.17. The van der Waals surface area contributed by atoms with Gasteiger partial charge in [0.1, 0.15) is 5.82 Å². The molecule has 3 aromatic rings. The van der Waals surface area contributed by atoms with Gasteiger partial charge in [0.2, 0.25) is 5.91 Å². The fourth-order valence-electron chi connectivity index (χ4n) is 4.32. The molecule has 0 saturated carbocycles. The number of aromatic nitrogens is 2. The molecule has 6 nitrogen and oxygen atoms in total. The van der Waals surface area contributed by atoms with Crippen LogP contribution in [0.5, 0.6) is 0 Å². The topological polar surface area (TPSA) is 61.4 Å². The van der Waals surface area contributed by atoms with Crippen molar-refractivity contribution in [3.63, 3.8) is 0 Å². The van der Waals surface area contributed by atoms with Crippen LogP contribution in [-0.2, 0) is 11.3 Å². The zero-order chi connectivity index (χ0) is 22.9. The van der Waals surface area contributed by atoms with Crippen molar-refractivity contribution in [2.45, 2.75) is 26.3 Å². The summed E-state index contributed by atoms with van der Waals surface area (Å²) in [4.78, 5) is 26.7. The fraction of sp³-hybridized carbons (Fsp3) is 0.370. The minimum absolute atomic E-state index is 0.0157. The van der Waals surface area contributed by atoms with E-state index in [4.69, 9.17) is 4.98 Å². The predicted octanol–water partition coefficient (Wildman–Crippen LogP) is 4.00. The Morgan fingerprint density at radius 1 is 1.09 bits per heavy atom. The monoisotopic (exact) mass is 443 g/mol. The number of piperidine rings is 1. The molecule has 0 aliphatic carbocycles. The van der Waals surface area contributed by atoms with E-state index in [9.17, 15) is 4.79 Å². The van der Waals surface area contributed by atoms with Gasteiger partial charge in [0.15, 0.2) is 5.82 Å². The largest absolute Gasteiger partial charge is 0.356 e. The fourth-order valence-corrected chi connectivity index (χ4v) is 4.32. The molecule has 1 saturated heterocycles. The van der Waals surface area contributed by atoms with Crippen molar-refractivity contribution in [3.05, 3.63) is 78.5 Å². The van der Waals surface area contributed by atoms with Gasteiger partial charge in [0.25, 0.3) is 0 Å². The number of nitrogens with zero attached hydrogens (tertiary/aromatic N) is 4. The van der Waals surface area contributed by atoms with E-state index in [-0.39, 0.29) is 11.8 Å². The van der Waals surface area contributed by atoms with Crippen LogP contribution in [-0.4, -0.2) is 53.5 Å². The first-order valence-electron chi connectivity index (χ1n) is 11.9. The number of nitrogens with one attached hydrogen (secondary N) is 1. The van der Waals surface area contributed by atoms with E-state index in [2.05, 4.69) is 51.3 Å². The van der Waals surface area contributed by atoms with E-state index in [0.717, 1.165) is 56.2 Å². The first kappa shape index (κ1) is 22.9.